The molecule has 37 heavy (non-hydrogen) atoms. The van der Waals surface area contributed by atoms with Gasteiger partial charge in [-0.25, -0.2) is 4.79 Å². The van der Waals surface area contributed by atoms with Crippen LogP contribution in [0.3, 0.4) is 0 Å². The minimum Gasteiger partial charge on any atom is -0.422 e. The SMILES string of the molecule is Cc1cc(C)c2ccccc2c1OC(=O)c1cccc2ccccc12.O=Cc1cccc2ccccc12. The third kappa shape index (κ3) is 4.85. The second-order valence-electron chi connectivity index (χ2n) is 8.99. The monoisotopic (exact) mass is 482 g/mol. The molecule has 0 N–H and O–H groups in total. The molecule has 0 aliphatic heterocycles. The molecule has 0 saturated carbocycles. The summed E-state index contributed by atoms with van der Waals surface area (Å²) in [6.07, 6.45) is 0.891. The highest BCUT2D eigenvalue weighted by molar-refractivity contribution is 6.06. The van der Waals surface area contributed by atoms with Crippen molar-refractivity contribution in [2.75, 3.05) is 0 Å². The van der Waals surface area contributed by atoms with Gasteiger partial charge in [0.1, 0.15) is 5.75 Å². The summed E-state index contributed by atoms with van der Waals surface area (Å²) in [7, 11) is 0. The van der Waals surface area contributed by atoms with Gasteiger partial charge in [-0.15, -0.1) is 0 Å². The van der Waals surface area contributed by atoms with Crippen molar-refractivity contribution in [3.05, 3.63) is 138 Å². The van der Waals surface area contributed by atoms with Gasteiger partial charge in [-0.2, -0.15) is 0 Å². The minimum absolute atomic E-state index is 0.325. The average Bonchev–Trinajstić information content (AvgIpc) is 2.95. The molecular formula is C34H26O3. The van der Waals surface area contributed by atoms with Gasteiger partial charge in [0.25, 0.3) is 0 Å². The maximum Gasteiger partial charge on any atom is 0.344 e. The molecule has 0 bridgehead atoms. The summed E-state index contributed by atoms with van der Waals surface area (Å²) in [5.74, 6) is 0.313. The third-order valence-electron chi connectivity index (χ3n) is 6.54. The molecule has 0 fully saturated rings. The zero-order valence-electron chi connectivity index (χ0n) is 20.8. The summed E-state index contributed by atoms with van der Waals surface area (Å²) in [5, 5.41) is 6.14. The van der Waals surface area contributed by atoms with Crippen LogP contribution in [0.1, 0.15) is 31.8 Å². The first-order valence-corrected chi connectivity index (χ1v) is 12.2. The Morgan fingerprint density at radius 3 is 1.84 bits per heavy atom. The number of aryl methyl sites for hydroxylation is 2. The van der Waals surface area contributed by atoms with Gasteiger partial charge in [-0.1, -0.05) is 109 Å². The van der Waals surface area contributed by atoms with Gasteiger partial charge < -0.3 is 4.74 Å². The molecule has 0 aliphatic rings. The van der Waals surface area contributed by atoms with Crippen LogP contribution in [0.25, 0.3) is 32.3 Å². The fraction of sp³-hybridized carbons (Fsp3) is 0.0588. The highest BCUT2D eigenvalue weighted by Crippen LogP contribution is 2.33. The highest BCUT2D eigenvalue weighted by atomic mass is 16.5. The summed E-state index contributed by atoms with van der Waals surface area (Å²) in [4.78, 5) is 23.5. The predicted octanol–water partition coefficient (Wildman–Crippen LogP) is 8.48. The smallest absolute Gasteiger partial charge is 0.344 e. The van der Waals surface area contributed by atoms with E-state index >= 15 is 0 Å². The van der Waals surface area contributed by atoms with E-state index in [-0.39, 0.29) is 5.97 Å². The molecule has 0 heterocycles. The first kappa shape index (κ1) is 24.0. The molecule has 6 aromatic carbocycles. The van der Waals surface area contributed by atoms with Crippen molar-refractivity contribution < 1.29 is 14.3 Å². The molecule has 0 radical (unpaired) electrons. The Morgan fingerprint density at radius 1 is 0.595 bits per heavy atom. The van der Waals surface area contributed by atoms with E-state index in [4.69, 9.17) is 4.74 Å². The number of rotatable bonds is 3. The first-order chi connectivity index (χ1) is 18.1. The van der Waals surface area contributed by atoms with Gasteiger partial charge in [-0.05, 0) is 58.0 Å². The van der Waals surface area contributed by atoms with Crippen molar-refractivity contribution in [1.82, 2.24) is 0 Å². The molecule has 0 atom stereocenters. The van der Waals surface area contributed by atoms with Crippen molar-refractivity contribution in [3.8, 4) is 5.75 Å². The van der Waals surface area contributed by atoms with E-state index in [0.29, 0.717) is 11.3 Å². The summed E-state index contributed by atoms with van der Waals surface area (Å²) >= 11 is 0. The number of benzene rings is 6. The summed E-state index contributed by atoms with van der Waals surface area (Å²) in [6, 6.07) is 37.2. The Kier molecular flexibility index (Phi) is 6.78. The van der Waals surface area contributed by atoms with Gasteiger partial charge in [0.05, 0.1) is 5.56 Å². The van der Waals surface area contributed by atoms with E-state index in [0.717, 1.165) is 49.7 Å². The van der Waals surface area contributed by atoms with Crippen molar-refractivity contribution in [2.24, 2.45) is 0 Å². The van der Waals surface area contributed by atoms with Gasteiger partial charge in [0, 0.05) is 10.9 Å². The molecule has 3 nitrogen and oxygen atoms in total. The number of aldehydes is 1. The van der Waals surface area contributed by atoms with E-state index in [1.54, 1.807) is 0 Å². The molecule has 0 aliphatic carbocycles. The molecular weight excluding hydrogens is 456 g/mol. The molecule has 180 valence electrons. The average molecular weight is 483 g/mol. The molecule has 0 aromatic heterocycles. The lowest BCUT2D eigenvalue weighted by molar-refractivity contribution is 0.0738. The van der Waals surface area contributed by atoms with Crippen molar-refractivity contribution in [1.29, 1.82) is 0 Å². The van der Waals surface area contributed by atoms with Crippen LogP contribution in [0.15, 0.2) is 115 Å². The van der Waals surface area contributed by atoms with E-state index in [1.807, 2.05) is 110 Å². The van der Waals surface area contributed by atoms with Crippen molar-refractivity contribution >= 4 is 44.6 Å². The molecule has 0 amide bonds. The molecule has 0 spiro atoms. The quantitative estimate of drug-likeness (QED) is 0.144. The number of hydrogen-bond donors (Lipinski definition) is 0. The Labute approximate surface area is 215 Å². The molecule has 3 heteroatoms. The molecule has 0 unspecified atom stereocenters. The fourth-order valence-corrected chi connectivity index (χ4v) is 4.75. The van der Waals surface area contributed by atoms with Gasteiger partial charge in [0.2, 0.25) is 0 Å². The Balaban J connectivity index is 0.000000195. The van der Waals surface area contributed by atoms with Gasteiger partial charge in [0.15, 0.2) is 6.29 Å². The lowest BCUT2D eigenvalue weighted by Gasteiger charge is -2.13. The minimum atomic E-state index is -0.325. The summed E-state index contributed by atoms with van der Waals surface area (Å²) in [5.41, 5.74) is 3.48. The van der Waals surface area contributed by atoms with Gasteiger partial charge >= 0.3 is 5.97 Å². The molecule has 6 rings (SSSR count). The second-order valence-corrected chi connectivity index (χ2v) is 8.99. The topological polar surface area (TPSA) is 43.4 Å². The number of hydrogen-bond acceptors (Lipinski definition) is 3. The number of ether oxygens (including phenoxy) is 1. The number of esters is 1. The Bertz CT molecular complexity index is 1750. The lowest BCUT2D eigenvalue weighted by atomic mass is 10.0. The van der Waals surface area contributed by atoms with Crippen LogP contribution in [0.4, 0.5) is 0 Å². The molecule has 0 saturated heterocycles. The highest BCUT2D eigenvalue weighted by Gasteiger charge is 2.16. The zero-order valence-corrected chi connectivity index (χ0v) is 20.8. The van der Waals surface area contributed by atoms with E-state index < -0.39 is 0 Å². The second kappa shape index (κ2) is 10.5. The molecule has 6 aromatic rings. The van der Waals surface area contributed by atoms with Crippen molar-refractivity contribution in [3.63, 3.8) is 0 Å². The van der Waals surface area contributed by atoms with Crippen LogP contribution >= 0.6 is 0 Å². The largest absolute Gasteiger partial charge is 0.422 e. The van der Waals surface area contributed by atoms with Crippen molar-refractivity contribution in [2.45, 2.75) is 13.8 Å². The van der Waals surface area contributed by atoms with Crippen LogP contribution in [-0.2, 0) is 0 Å². The fourth-order valence-electron chi connectivity index (χ4n) is 4.75. The van der Waals surface area contributed by atoms with Crippen LogP contribution < -0.4 is 4.74 Å². The van der Waals surface area contributed by atoms with Crippen LogP contribution in [-0.4, -0.2) is 12.3 Å². The third-order valence-corrected chi connectivity index (χ3v) is 6.54. The number of carbonyl (C=O) groups excluding carboxylic acids is 2. The first-order valence-electron chi connectivity index (χ1n) is 12.2. The van der Waals surface area contributed by atoms with Crippen LogP contribution in [0, 0.1) is 13.8 Å². The summed E-state index contributed by atoms with van der Waals surface area (Å²) in [6.45, 7) is 4.05. The van der Waals surface area contributed by atoms with Crippen LogP contribution in [0.5, 0.6) is 5.75 Å². The van der Waals surface area contributed by atoms with E-state index in [2.05, 4.69) is 19.1 Å². The standard InChI is InChI=1S/C23H18O2.C11H8O/c1-15-14-16(2)22(20-12-6-5-10-18(15)20)25-23(24)21-13-7-9-17-8-3-4-11-19(17)21;12-8-10-6-3-5-9-4-1-2-7-11(9)10/h3-14H,1-2H3;1-8H. The maximum atomic E-state index is 12.9. The number of fused-ring (bicyclic) bond motifs is 3. The van der Waals surface area contributed by atoms with Gasteiger partial charge in [-0.3, -0.25) is 4.79 Å². The zero-order chi connectivity index (χ0) is 25.8. The predicted molar refractivity (Wildman–Crippen MR) is 152 cm³/mol. The maximum absolute atomic E-state index is 12.9. The van der Waals surface area contributed by atoms with Crippen LogP contribution in [0.2, 0.25) is 0 Å². The van der Waals surface area contributed by atoms with E-state index in [1.165, 1.54) is 5.56 Å². The van der Waals surface area contributed by atoms with E-state index in [9.17, 15) is 9.59 Å². The Morgan fingerprint density at radius 2 is 1.14 bits per heavy atom. The Hall–Kier alpha value is -4.76. The lowest BCUT2D eigenvalue weighted by Crippen LogP contribution is -2.10. The summed E-state index contributed by atoms with van der Waals surface area (Å²) < 4.78 is 5.87. The number of carbonyl (C=O) groups is 2. The normalized spacial score (nSPS) is 10.6.